The van der Waals surface area contributed by atoms with Gasteiger partial charge in [0, 0.05) is 22.8 Å². The van der Waals surface area contributed by atoms with Crippen LogP contribution in [0, 0.1) is 0 Å². The van der Waals surface area contributed by atoms with E-state index in [0.29, 0.717) is 11.3 Å². The van der Waals surface area contributed by atoms with E-state index in [-0.39, 0.29) is 18.4 Å². The first-order chi connectivity index (χ1) is 14.4. The monoisotopic (exact) mass is 439 g/mol. The van der Waals surface area contributed by atoms with Gasteiger partial charge in [0.05, 0.1) is 11.7 Å². The Bertz CT molecular complexity index is 1060. The molecule has 0 aliphatic heterocycles. The first-order valence-electron chi connectivity index (χ1n) is 8.78. The van der Waals surface area contributed by atoms with Gasteiger partial charge in [0.15, 0.2) is 0 Å². The summed E-state index contributed by atoms with van der Waals surface area (Å²) in [5.74, 6) is -2.79. The largest absolute Gasteiger partial charge is 0.490 e. The van der Waals surface area contributed by atoms with Crippen molar-refractivity contribution >= 4 is 28.5 Å². The second-order valence-corrected chi connectivity index (χ2v) is 7.06. The zero-order valence-corrected chi connectivity index (χ0v) is 16.5. The van der Waals surface area contributed by atoms with E-state index in [1.54, 1.807) is 30.6 Å². The number of nitrogens with zero attached hydrogens (tertiary/aromatic N) is 2. The quantitative estimate of drug-likeness (QED) is 0.478. The molecule has 0 spiro atoms. The number of nitrogens with two attached hydrogens (primary N) is 1. The molecular formula is C19H20F3N5O4. The van der Waals surface area contributed by atoms with Gasteiger partial charge in [-0.05, 0) is 44.2 Å². The molecule has 0 radical (unpaired) electrons. The number of anilines is 1. The highest BCUT2D eigenvalue weighted by Crippen LogP contribution is 2.20. The number of carbonyl (C=O) groups is 2. The minimum absolute atomic E-state index is 0.255. The Hall–Kier alpha value is -3.67. The number of H-pyrrole nitrogens is 1. The molecule has 0 unspecified atom stereocenters. The fraction of sp³-hybridized carbons (Fsp3) is 0.263. The van der Waals surface area contributed by atoms with E-state index in [1.807, 2.05) is 26.0 Å². The van der Waals surface area contributed by atoms with Gasteiger partial charge in [0.2, 0.25) is 5.88 Å². The summed E-state index contributed by atoms with van der Waals surface area (Å²) in [6.07, 6.45) is -1.81. The van der Waals surface area contributed by atoms with Gasteiger partial charge in [-0.2, -0.15) is 18.3 Å². The summed E-state index contributed by atoms with van der Waals surface area (Å²) in [6, 6.07) is 8.86. The number of carboxylic acid groups (broad SMARTS) is 1. The van der Waals surface area contributed by atoms with Crippen LogP contribution in [0.1, 0.15) is 24.2 Å². The third kappa shape index (κ3) is 7.26. The number of benzene rings is 1. The number of amides is 1. The summed E-state index contributed by atoms with van der Waals surface area (Å²) in [5, 5.41) is 17.7. The van der Waals surface area contributed by atoms with Crippen molar-refractivity contribution < 1.29 is 32.6 Å². The SMILES string of the molecule is CC(C)(N)COc1ncccc1C(=O)Nc1ccc2[nH]ncc2c1.O=C(O)C(F)(F)F. The number of ether oxygens (including phenoxy) is 1. The lowest BCUT2D eigenvalue weighted by atomic mass is 10.1. The van der Waals surface area contributed by atoms with Crippen molar-refractivity contribution in [2.75, 3.05) is 11.9 Å². The number of fused-ring (bicyclic) bond motifs is 1. The Labute approximate surface area is 174 Å². The number of aromatic amines is 1. The molecule has 166 valence electrons. The Morgan fingerprint density at radius 2 is 1.94 bits per heavy atom. The number of pyridine rings is 1. The van der Waals surface area contributed by atoms with Crippen molar-refractivity contribution in [3.8, 4) is 5.88 Å². The number of hydrogen-bond acceptors (Lipinski definition) is 6. The van der Waals surface area contributed by atoms with Crippen molar-refractivity contribution in [2.45, 2.75) is 25.6 Å². The number of hydrogen-bond donors (Lipinski definition) is 4. The second-order valence-electron chi connectivity index (χ2n) is 7.06. The number of carboxylic acids is 1. The molecule has 0 saturated heterocycles. The fourth-order valence-electron chi connectivity index (χ4n) is 2.15. The Morgan fingerprint density at radius 3 is 2.55 bits per heavy atom. The molecule has 0 fully saturated rings. The van der Waals surface area contributed by atoms with Crippen LogP contribution in [0.15, 0.2) is 42.7 Å². The van der Waals surface area contributed by atoms with Crippen LogP contribution in [-0.2, 0) is 4.79 Å². The molecule has 3 aromatic rings. The highest BCUT2D eigenvalue weighted by molar-refractivity contribution is 6.06. The Balaban J connectivity index is 0.000000423. The minimum Gasteiger partial charge on any atom is -0.475 e. The zero-order chi connectivity index (χ0) is 23.2. The van der Waals surface area contributed by atoms with Gasteiger partial charge in [-0.15, -0.1) is 0 Å². The normalized spacial score (nSPS) is 11.4. The van der Waals surface area contributed by atoms with Gasteiger partial charge < -0.3 is 20.9 Å². The third-order valence-corrected chi connectivity index (χ3v) is 3.54. The molecule has 9 nitrogen and oxygen atoms in total. The molecule has 3 rings (SSSR count). The second kappa shape index (κ2) is 9.43. The predicted octanol–water partition coefficient (Wildman–Crippen LogP) is 2.96. The van der Waals surface area contributed by atoms with Crippen molar-refractivity contribution in [2.24, 2.45) is 5.73 Å². The van der Waals surface area contributed by atoms with Gasteiger partial charge >= 0.3 is 12.1 Å². The van der Waals surface area contributed by atoms with Crippen LogP contribution >= 0.6 is 0 Å². The van der Waals surface area contributed by atoms with Crippen molar-refractivity contribution in [1.82, 2.24) is 15.2 Å². The maximum Gasteiger partial charge on any atom is 0.490 e. The number of alkyl halides is 3. The van der Waals surface area contributed by atoms with Crippen LogP contribution < -0.4 is 15.8 Å². The smallest absolute Gasteiger partial charge is 0.475 e. The van der Waals surface area contributed by atoms with Crippen LogP contribution in [0.25, 0.3) is 10.9 Å². The molecule has 5 N–H and O–H groups in total. The van der Waals surface area contributed by atoms with Crippen LogP contribution in [0.3, 0.4) is 0 Å². The number of aromatic nitrogens is 3. The summed E-state index contributed by atoms with van der Waals surface area (Å²) < 4.78 is 37.3. The summed E-state index contributed by atoms with van der Waals surface area (Å²) in [5.41, 5.74) is 7.33. The molecule has 0 aliphatic carbocycles. The lowest BCUT2D eigenvalue weighted by molar-refractivity contribution is -0.192. The number of nitrogens with one attached hydrogen (secondary N) is 2. The molecular weight excluding hydrogens is 419 g/mol. The molecule has 2 aromatic heterocycles. The molecule has 12 heteroatoms. The average molecular weight is 439 g/mol. The van der Waals surface area contributed by atoms with Gasteiger partial charge in [-0.25, -0.2) is 9.78 Å². The van der Waals surface area contributed by atoms with E-state index < -0.39 is 17.7 Å². The molecule has 1 amide bonds. The minimum atomic E-state index is -5.08. The van der Waals surface area contributed by atoms with E-state index in [4.69, 9.17) is 20.4 Å². The van der Waals surface area contributed by atoms with Crippen molar-refractivity contribution in [3.63, 3.8) is 0 Å². The number of rotatable bonds is 5. The molecule has 0 aliphatic rings. The summed E-state index contributed by atoms with van der Waals surface area (Å²) >= 11 is 0. The first kappa shape index (κ1) is 23.6. The van der Waals surface area contributed by atoms with Crippen LogP contribution in [-0.4, -0.2) is 50.5 Å². The van der Waals surface area contributed by atoms with Crippen molar-refractivity contribution in [1.29, 1.82) is 0 Å². The lowest BCUT2D eigenvalue weighted by Gasteiger charge is -2.19. The maximum atomic E-state index is 12.5. The van der Waals surface area contributed by atoms with E-state index in [0.717, 1.165) is 10.9 Å². The van der Waals surface area contributed by atoms with Gasteiger partial charge in [-0.1, -0.05) is 0 Å². The maximum absolute atomic E-state index is 12.5. The van der Waals surface area contributed by atoms with Gasteiger partial charge in [0.1, 0.15) is 12.2 Å². The highest BCUT2D eigenvalue weighted by Gasteiger charge is 2.38. The van der Waals surface area contributed by atoms with E-state index in [9.17, 15) is 18.0 Å². The molecule has 1 aromatic carbocycles. The summed E-state index contributed by atoms with van der Waals surface area (Å²) in [4.78, 5) is 25.6. The van der Waals surface area contributed by atoms with Crippen LogP contribution in [0.4, 0.5) is 18.9 Å². The zero-order valence-electron chi connectivity index (χ0n) is 16.5. The van der Waals surface area contributed by atoms with Gasteiger partial charge in [0.25, 0.3) is 5.91 Å². The summed E-state index contributed by atoms with van der Waals surface area (Å²) in [7, 11) is 0. The lowest BCUT2D eigenvalue weighted by Crippen LogP contribution is -2.39. The van der Waals surface area contributed by atoms with E-state index >= 15 is 0 Å². The summed E-state index contributed by atoms with van der Waals surface area (Å²) in [6.45, 7) is 3.94. The van der Waals surface area contributed by atoms with Crippen molar-refractivity contribution in [3.05, 3.63) is 48.3 Å². The van der Waals surface area contributed by atoms with Crippen LogP contribution in [0.5, 0.6) is 5.88 Å². The Kier molecular flexibility index (Phi) is 7.18. The Morgan fingerprint density at radius 1 is 1.26 bits per heavy atom. The number of aliphatic carboxylic acids is 1. The number of carbonyl (C=O) groups excluding carboxylic acids is 1. The van der Waals surface area contributed by atoms with E-state index in [1.165, 1.54) is 0 Å². The van der Waals surface area contributed by atoms with E-state index in [2.05, 4.69) is 20.5 Å². The van der Waals surface area contributed by atoms with Gasteiger partial charge in [-0.3, -0.25) is 9.89 Å². The molecule has 31 heavy (non-hydrogen) atoms. The predicted molar refractivity (Wildman–Crippen MR) is 106 cm³/mol. The first-order valence-corrected chi connectivity index (χ1v) is 8.78. The van der Waals surface area contributed by atoms with Crippen LogP contribution in [0.2, 0.25) is 0 Å². The topological polar surface area (TPSA) is 143 Å². The standard InChI is InChI=1S/C17H19N5O2.C2HF3O2/c1-17(2,18)10-24-16-13(4-3-7-19-16)15(23)21-12-5-6-14-11(8-12)9-20-22-14;3-2(4,5)1(6)7/h3-9H,10,18H2,1-2H3,(H,20,22)(H,21,23);(H,6,7). The molecule has 0 atom stereocenters. The molecule has 2 heterocycles. The molecule has 0 bridgehead atoms. The fourth-order valence-corrected chi connectivity index (χ4v) is 2.15. The average Bonchev–Trinajstić information content (AvgIpc) is 3.13. The third-order valence-electron chi connectivity index (χ3n) is 3.54. The molecule has 0 saturated carbocycles. The highest BCUT2D eigenvalue weighted by atomic mass is 19.4. The number of halogens is 3.